The molecular formula is C28H36N2O4. The Hall–Kier alpha value is -3.12. The number of ketones is 1. The molecule has 6 nitrogen and oxygen atoms in total. The molecule has 0 aliphatic carbocycles. The average Bonchev–Trinajstić information content (AvgIpc) is 3.06. The van der Waals surface area contributed by atoms with Crippen LogP contribution in [0.3, 0.4) is 0 Å². The lowest BCUT2D eigenvalue weighted by molar-refractivity contribution is -0.140. The third kappa shape index (κ3) is 5.02. The molecule has 1 N–H and O–H groups in total. The second-order valence-corrected chi connectivity index (χ2v) is 10.1. The maximum Gasteiger partial charge on any atom is 0.295 e. The molecule has 182 valence electrons. The maximum absolute atomic E-state index is 13.3. The van der Waals surface area contributed by atoms with Gasteiger partial charge in [-0.25, -0.2) is 0 Å². The minimum absolute atomic E-state index is 0.0948. The Morgan fingerprint density at radius 3 is 2.26 bits per heavy atom. The highest BCUT2D eigenvalue weighted by Gasteiger charge is 2.46. The summed E-state index contributed by atoms with van der Waals surface area (Å²) in [6.07, 6.45) is 0.887. The van der Waals surface area contributed by atoms with Crippen LogP contribution in [0.5, 0.6) is 5.75 Å². The highest BCUT2D eigenvalue weighted by Crippen LogP contribution is 2.41. The van der Waals surface area contributed by atoms with Crippen molar-refractivity contribution in [1.29, 1.82) is 0 Å². The number of hydrogen-bond donors (Lipinski definition) is 1. The average molecular weight is 465 g/mol. The zero-order valence-corrected chi connectivity index (χ0v) is 21.3. The van der Waals surface area contributed by atoms with Crippen LogP contribution in [-0.2, 0) is 21.4 Å². The van der Waals surface area contributed by atoms with Gasteiger partial charge in [0.05, 0.1) is 24.3 Å². The second kappa shape index (κ2) is 10.0. The molecule has 1 fully saturated rings. The van der Waals surface area contributed by atoms with E-state index in [0.717, 1.165) is 23.1 Å². The first-order valence-corrected chi connectivity index (χ1v) is 11.7. The molecule has 1 unspecified atom stereocenters. The minimum atomic E-state index is -0.677. The summed E-state index contributed by atoms with van der Waals surface area (Å²) in [5.74, 6) is -1.04. The number of methoxy groups -OCH3 is 1. The van der Waals surface area contributed by atoms with Gasteiger partial charge in [-0.05, 0) is 54.8 Å². The van der Waals surface area contributed by atoms with Gasteiger partial charge >= 0.3 is 0 Å². The van der Waals surface area contributed by atoms with Crippen molar-refractivity contribution < 1.29 is 19.4 Å². The molecule has 1 aliphatic rings. The van der Waals surface area contributed by atoms with E-state index in [0.29, 0.717) is 24.4 Å². The quantitative estimate of drug-likeness (QED) is 0.370. The number of aliphatic hydroxyl groups excluding tert-OH is 1. The summed E-state index contributed by atoms with van der Waals surface area (Å²) in [5, 5.41) is 11.5. The first-order valence-electron chi connectivity index (χ1n) is 11.7. The Labute approximate surface area is 202 Å². The van der Waals surface area contributed by atoms with Crippen LogP contribution in [-0.4, -0.2) is 60.9 Å². The highest BCUT2D eigenvalue weighted by molar-refractivity contribution is 6.46. The standard InChI is InChI=1S/C28H36N2O4/c1-8-18-9-11-19(12-10-18)24-23(26(32)27(33)30(24)16-15-29(5)6)25(31)21-17-20(28(2,3)4)13-14-22(21)34-7/h9-14,17,24,31H,8,15-16H2,1-7H3/b25-23+. The lowest BCUT2D eigenvalue weighted by atomic mass is 9.85. The van der Waals surface area contributed by atoms with E-state index in [1.54, 1.807) is 11.0 Å². The number of aryl methyl sites for hydroxylation is 1. The van der Waals surface area contributed by atoms with E-state index in [1.807, 2.05) is 55.4 Å². The van der Waals surface area contributed by atoms with E-state index in [2.05, 4.69) is 27.7 Å². The van der Waals surface area contributed by atoms with Gasteiger partial charge in [0.1, 0.15) is 11.5 Å². The fourth-order valence-corrected chi connectivity index (χ4v) is 4.21. The Bertz CT molecular complexity index is 1090. The summed E-state index contributed by atoms with van der Waals surface area (Å²) in [4.78, 5) is 30.0. The normalized spacial score (nSPS) is 18.1. The molecule has 1 aliphatic heterocycles. The Kier molecular flexibility index (Phi) is 7.51. The van der Waals surface area contributed by atoms with Crippen LogP contribution in [0, 0.1) is 0 Å². The van der Waals surface area contributed by atoms with E-state index < -0.39 is 17.7 Å². The van der Waals surface area contributed by atoms with Crippen LogP contribution in [0.1, 0.15) is 56.0 Å². The predicted molar refractivity (Wildman–Crippen MR) is 135 cm³/mol. The fourth-order valence-electron chi connectivity index (χ4n) is 4.21. The molecule has 34 heavy (non-hydrogen) atoms. The number of rotatable bonds is 7. The number of carbonyl (C=O) groups is 2. The SMILES string of the molecule is CCc1ccc(C2/C(=C(\O)c3cc(C(C)(C)C)ccc3OC)C(=O)C(=O)N2CCN(C)C)cc1. The summed E-state index contributed by atoms with van der Waals surface area (Å²) in [5.41, 5.74) is 3.28. The molecule has 0 radical (unpaired) electrons. The fraction of sp³-hybridized carbons (Fsp3) is 0.429. The van der Waals surface area contributed by atoms with E-state index in [-0.39, 0.29) is 16.7 Å². The molecule has 0 spiro atoms. The highest BCUT2D eigenvalue weighted by atomic mass is 16.5. The summed E-state index contributed by atoms with van der Waals surface area (Å²) in [7, 11) is 5.37. The number of likely N-dealkylation sites (tertiary alicyclic amines) is 1. The number of amides is 1. The molecule has 1 amide bonds. The topological polar surface area (TPSA) is 70.1 Å². The molecular weight excluding hydrogens is 428 g/mol. The van der Waals surface area contributed by atoms with Crippen molar-refractivity contribution in [1.82, 2.24) is 9.80 Å². The smallest absolute Gasteiger partial charge is 0.295 e. The molecule has 0 saturated carbocycles. The van der Waals surface area contributed by atoms with Gasteiger partial charge in [0.2, 0.25) is 0 Å². The van der Waals surface area contributed by atoms with Crippen LogP contribution in [0.15, 0.2) is 48.0 Å². The van der Waals surface area contributed by atoms with Gasteiger partial charge < -0.3 is 19.6 Å². The van der Waals surface area contributed by atoms with E-state index in [1.165, 1.54) is 7.11 Å². The van der Waals surface area contributed by atoms with Gasteiger partial charge in [-0.15, -0.1) is 0 Å². The van der Waals surface area contributed by atoms with Crippen molar-refractivity contribution in [2.24, 2.45) is 0 Å². The molecule has 1 saturated heterocycles. The number of benzene rings is 2. The Balaban J connectivity index is 2.23. The van der Waals surface area contributed by atoms with Crippen molar-refractivity contribution in [2.75, 3.05) is 34.3 Å². The first kappa shape index (κ1) is 25.5. The van der Waals surface area contributed by atoms with Crippen molar-refractivity contribution in [3.63, 3.8) is 0 Å². The van der Waals surface area contributed by atoms with Gasteiger partial charge in [0.25, 0.3) is 11.7 Å². The zero-order chi connectivity index (χ0) is 25.2. The lowest BCUT2D eigenvalue weighted by Gasteiger charge is -2.27. The van der Waals surface area contributed by atoms with Crippen molar-refractivity contribution in [3.8, 4) is 5.75 Å². The number of ether oxygens (including phenoxy) is 1. The summed E-state index contributed by atoms with van der Waals surface area (Å²) in [6.45, 7) is 9.27. The molecule has 0 aromatic heterocycles. The first-order chi connectivity index (χ1) is 16.0. The van der Waals surface area contributed by atoms with Crippen molar-refractivity contribution in [2.45, 2.75) is 45.6 Å². The van der Waals surface area contributed by atoms with Crippen LogP contribution in [0.2, 0.25) is 0 Å². The Morgan fingerprint density at radius 2 is 1.74 bits per heavy atom. The molecule has 0 bridgehead atoms. The molecule has 1 heterocycles. The minimum Gasteiger partial charge on any atom is -0.507 e. The van der Waals surface area contributed by atoms with Crippen LogP contribution in [0.25, 0.3) is 5.76 Å². The van der Waals surface area contributed by atoms with Crippen molar-refractivity contribution >= 4 is 17.4 Å². The van der Waals surface area contributed by atoms with Crippen LogP contribution < -0.4 is 4.74 Å². The summed E-state index contributed by atoms with van der Waals surface area (Å²) < 4.78 is 5.52. The number of nitrogens with zero attached hydrogens (tertiary/aromatic N) is 2. The largest absolute Gasteiger partial charge is 0.507 e. The van der Waals surface area contributed by atoms with E-state index in [4.69, 9.17) is 4.74 Å². The number of likely N-dealkylation sites (N-methyl/N-ethyl adjacent to an activating group) is 1. The second-order valence-electron chi connectivity index (χ2n) is 10.1. The summed E-state index contributed by atoms with van der Waals surface area (Å²) in [6, 6.07) is 12.8. The van der Waals surface area contributed by atoms with Gasteiger partial charge in [0, 0.05) is 13.1 Å². The maximum atomic E-state index is 13.3. The third-order valence-electron chi connectivity index (χ3n) is 6.35. The van der Waals surface area contributed by atoms with Crippen molar-refractivity contribution in [3.05, 3.63) is 70.3 Å². The van der Waals surface area contributed by atoms with E-state index in [9.17, 15) is 14.7 Å². The monoisotopic (exact) mass is 464 g/mol. The zero-order valence-electron chi connectivity index (χ0n) is 21.3. The summed E-state index contributed by atoms with van der Waals surface area (Å²) >= 11 is 0. The predicted octanol–water partition coefficient (Wildman–Crippen LogP) is 4.54. The Morgan fingerprint density at radius 1 is 1.09 bits per heavy atom. The van der Waals surface area contributed by atoms with Crippen LogP contribution >= 0.6 is 0 Å². The van der Waals surface area contributed by atoms with Gasteiger partial charge in [-0.1, -0.05) is 58.0 Å². The molecule has 3 rings (SSSR count). The number of Topliss-reactive ketones (excluding diaryl/α,β-unsaturated/α-hetero) is 1. The van der Waals surface area contributed by atoms with Crippen LogP contribution in [0.4, 0.5) is 0 Å². The lowest BCUT2D eigenvalue weighted by Crippen LogP contribution is -2.35. The number of aliphatic hydroxyl groups is 1. The third-order valence-corrected chi connectivity index (χ3v) is 6.35. The molecule has 6 heteroatoms. The molecule has 1 atom stereocenters. The molecule has 2 aromatic carbocycles. The van der Waals surface area contributed by atoms with Gasteiger partial charge in [-0.2, -0.15) is 0 Å². The van der Waals surface area contributed by atoms with Gasteiger partial charge in [0.15, 0.2) is 0 Å². The number of carbonyl (C=O) groups excluding carboxylic acids is 2. The molecule has 2 aromatic rings. The number of hydrogen-bond acceptors (Lipinski definition) is 5. The van der Waals surface area contributed by atoms with E-state index >= 15 is 0 Å². The van der Waals surface area contributed by atoms with Gasteiger partial charge in [-0.3, -0.25) is 9.59 Å².